The van der Waals surface area contributed by atoms with Crippen LogP contribution >= 0.6 is 12.2 Å². The number of rotatable bonds is 0. The Balaban J connectivity index is 4.89. The third kappa shape index (κ3) is 4.99. The zero-order chi connectivity index (χ0) is 5.54. The molecule has 0 nitrogen and oxygen atoms in total. The maximum Gasteiger partial charge on any atom is 0.0148 e. The monoisotopic (exact) mass is 106 g/mol. The molecule has 0 aromatic rings. The summed E-state index contributed by atoms with van der Waals surface area (Å²) in [4.78, 5) is 0. The van der Waals surface area contributed by atoms with Gasteiger partial charge >= 0.3 is 0 Å². The zero-order valence-corrected chi connectivity index (χ0v) is 4.43. The van der Waals surface area contributed by atoms with Crippen LogP contribution in [0.1, 0.15) is 0 Å². The van der Waals surface area contributed by atoms with E-state index in [9.17, 15) is 0 Å². The van der Waals surface area contributed by atoms with Crippen LogP contribution in [0.4, 0.5) is 0 Å². The maximum absolute atomic E-state index is 4.25. The van der Waals surface area contributed by atoms with Crippen LogP contribution in [0.3, 0.4) is 0 Å². The van der Waals surface area contributed by atoms with Gasteiger partial charge in [-0.15, -0.1) is 0 Å². The maximum atomic E-state index is 4.25. The van der Waals surface area contributed by atoms with E-state index in [4.69, 9.17) is 0 Å². The summed E-state index contributed by atoms with van der Waals surface area (Å²) in [6.45, 7) is 3.23. The van der Waals surface area contributed by atoms with Crippen LogP contribution in [0.15, 0.2) is 29.5 Å². The van der Waals surface area contributed by atoms with Gasteiger partial charge in [0.1, 0.15) is 0 Å². The van der Waals surface area contributed by atoms with E-state index < -0.39 is 0 Å². The summed E-state index contributed by atoms with van der Waals surface area (Å²) < 4.78 is 0. The minimum Gasteiger partial charge on any atom is -0.0687 e. The molecule has 7 heavy (non-hydrogen) atoms. The quantitative estimate of drug-likeness (QED) is 0.332. The van der Waals surface area contributed by atoms with Gasteiger partial charge in [0, 0.05) is 10.8 Å². The Bertz CT molecular complexity index is 187. The Morgan fingerprint density at radius 1 is 1.14 bits per heavy atom. The van der Waals surface area contributed by atoms with Crippen molar-refractivity contribution in [3.63, 3.8) is 0 Å². The zero-order valence-electron chi connectivity index (χ0n) is 3.62. The van der Waals surface area contributed by atoms with Crippen molar-refractivity contribution >= 4 is 17.2 Å². The van der Waals surface area contributed by atoms with Crippen molar-refractivity contribution in [2.75, 3.05) is 0 Å². The lowest BCUT2D eigenvalue weighted by molar-refractivity contribution is 2.27. The number of hydrogen-bond acceptors (Lipinski definition) is 1. The highest BCUT2D eigenvalue weighted by Gasteiger charge is 1.30. The van der Waals surface area contributed by atoms with Crippen LogP contribution in [0.5, 0.6) is 0 Å². The normalized spacial score (nSPS) is 3.43. The first kappa shape index (κ1) is 5.99. The first-order valence-electron chi connectivity index (χ1n) is 1.56. The molecule has 0 bridgehead atoms. The fraction of sp³-hybridized carbons (Fsp3) is 0. The predicted octanol–water partition coefficient (Wildman–Crippen LogP) is 1.39. The van der Waals surface area contributed by atoms with Crippen molar-refractivity contribution in [1.82, 2.24) is 0 Å². The molecule has 0 radical (unpaired) electrons. The third-order valence-electron chi connectivity index (χ3n) is 0.264. The lowest BCUT2D eigenvalue weighted by atomic mass is 10.7. The molecular weight excluding hydrogens is 104 g/mol. The van der Waals surface area contributed by atoms with Gasteiger partial charge in [0.25, 0.3) is 0 Å². The Morgan fingerprint density at radius 2 is 1.86 bits per heavy atom. The lowest BCUT2D eigenvalue weighted by Crippen LogP contribution is -1.22. The van der Waals surface area contributed by atoms with E-state index in [1.165, 1.54) is 0 Å². The van der Waals surface area contributed by atoms with E-state index in [1.54, 1.807) is 0 Å². The molecule has 0 rings (SSSR count). The molecule has 0 saturated carbocycles. The molecule has 0 saturated heterocycles. The minimum absolute atomic E-state index is 2.19. The van der Waals surface area contributed by atoms with E-state index in [1.807, 2.05) is 0 Å². The average molecular weight is 106 g/mol. The van der Waals surface area contributed by atoms with E-state index >= 15 is 0 Å². The third-order valence-corrected chi connectivity index (χ3v) is 0.366. The van der Waals surface area contributed by atoms with E-state index in [-0.39, 0.29) is 0 Å². The molecule has 0 unspecified atom stereocenters. The highest BCUT2D eigenvalue weighted by atomic mass is 32.1. The van der Waals surface area contributed by atoms with Crippen LogP contribution in [-0.4, -0.2) is 5.02 Å². The van der Waals surface area contributed by atoms with E-state index in [2.05, 4.69) is 46.7 Å². The summed E-state index contributed by atoms with van der Waals surface area (Å²) in [5.41, 5.74) is 9.49. The molecule has 0 spiro atoms. The predicted molar refractivity (Wildman–Crippen MR) is 32.3 cm³/mol. The molecule has 0 aliphatic carbocycles. The van der Waals surface area contributed by atoms with Crippen molar-refractivity contribution in [2.45, 2.75) is 0 Å². The van der Waals surface area contributed by atoms with Crippen LogP contribution < -0.4 is 0 Å². The van der Waals surface area contributed by atoms with Gasteiger partial charge in [0.2, 0.25) is 0 Å². The molecule has 0 heterocycles. The molecule has 0 aromatic carbocycles. The number of hydrogen-bond donors (Lipinski definition) is 0. The Hall–Kier alpha value is -1.01. The summed E-state index contributed by atoms with van der Waals surface area (Å²) in [5, 5.41) is 2.19. The van der Waals surface area contributed by atoms with Crippen molar-refractivity contribution < 1.29 is 0 Å². The van der Waals surface area contributed by atoms with Crippen molar-refractivity contribution in [3.8, 4) is 0 Å². The second-order valence-corrected chi connectivity index (χ2v) is 0.858. The first-order chi connectivity index (χ1) is 3.41. The van der Waals surface area contributed by atoms with Gasteiger partial charge in [-0.05, 0) is 30.3 Å². The Labute approximate surface area is 47.5 Å². The van der Waals surface area contributed by atoms with Gasteiger partial charge in [0.05, 0.1) is 0 Å². The fourth-order valence-corrected chi connectivity index (χ4v) is 0.152. The Kier molecular flexibility index (Phi) is 4.27. The molecule has 0 aliphatic rings. The molecule has 0 aromatic heterocycles. The topological polar surface area (TPSA) is 0 Å². The molecule has 32 valence electrons. The van der Waals surface area contributed by atoms with E-state index in [0.717, 1.165) is 0 Å². The van der Waals surface area contributed by atoms with Gasteiger partial charge in [-0.1, -0.05) is 5.73 Å². The average Bonchev–Trinajstić information content (AvgIpc) is 1.69. The van der Waals surface area contributed by atoms with Crippen molar-refractivity contribution in [3.05, 3.63) is 29.5 Å². The highest BCUT2D eigenvalue weighted by Crippen LogP contribution is 1.45. The molecule has 0 N–H and O–H groups in total. The number of thiocarbonyl (C=S) groups is 1. The SMILES string of the molecule is C=C=C=C=C=C=S. The van der Waals surface area contributed by atoms with E-state index in [0.29, 0.717) is 0 Å². The van der Waals surface area contributed by atoms with Gasteiger partial charge in [0.15, 0.2) is 0 Å². The molecule has 0 amide bonds. The van der Waals surface area contributed by atoms with Crippen LogP contribution in [0.25, 0.3) is 0 Å². The Morgan fingerprint density at radius 3 is 2.29 bits per heavy atom. The largest absolute Gasteiger partial charge is 0.0687 e. The van der Waals surface area contributed by atoms with Gasteiger partial charge in [-0.25, -0.2) is 0 Å². The van der Waals surface area contributed by atoms with Gasteiger partial charge in [-0.3, -0.25) is 0 Å². The molecule has 0 aliphatic heterocycles. The summed E-state index contributed by atoms with van der Waals surface area (Å²) >= 11 is 4.25. The summed E-state index contributed by atoms with van der Waals surface area (Å²) in [6, 6.07) is 0. The van der Waals surface area contributed by atoms with Crippen LogP contribution in [0, 0.1) is 0 Å². The minimum atomic E-state index is 2.19. The second-order valence-electron chi connectivity index (χ2n) is 0.654. The molecule has 1 heteroatoms. The van der Waals surface area contributed by atoms with Crippen LogP contribution in [-0.2, 0) is 0 Å². The fourth-order valence-electron chi connectivity index (χ4n) is 0.101. The molecular formula is C6H2S. The summed E-state index contributed by atoms with van der Waals surface area (Å²) in [6.07, 6.45) is 0. The standard InChI is InChI=1S/C6H2S/c1-2-3-4-5-6-7/h1H2. The smallest absolute Gasteiger partial charge is 0.0148 e. The molecule has 0 atom stereocenters. The summed E-state index contributed by atoms with van der Waals surface area (Å²) in [5.74, 6) is 0. The lowest BCUT2D eigenvalue weighted by Gasteiger charge is -1.32. The van der Waals surface area contributed by atoms with Crippen LogP contribution in [0.2, 0.25) is 0 Å². The second kappa shape index (κ2) is 4.99. The highest BCUT2D eigenvalue weighted by molar-refractivity contribution is 7.78. The first-order valence-corrected chi connectivity index (χ1v) is 1.97. The van der Waals surface area contributed by atoms with Gasteiger partial charge < -0.3 is 0 Å². The summed E-state index contributed by atoms with van der Waals surface area (Å²) in [7, 11) is 0. The van der Waals surface area contributed by atoms with Crippen molar-refractivity contribution in [2.24, 2.45) is 0 Å². The van der Waals surface area contributed by atoms with Gasteiger partial charge in [-0.2, -0.15) is 0 Å². The van der Waals surface area contributed by atoms with Crippen molar-refractivity contribution in [1.29, 1.82) is 0 Å². The molecule has 0 fully saturated rings.